The van der Waals surface area contributed by atoms with E-state index in [0.717, 1.165) is 23.7 Å². The van der Waals surface area contributed by atoms with Gasteiger partial charge in [0.1, 0.15) is 18.0 Å². The molecule has 2 rings (SSSR count). The van der Waals surface area contributed by atoms with Crippen LogP contribution in [-0.2, 0) is 11.5 Å². The van der Waals surface area contributed by atoms with Crippen molar-refractivity contribution in [1.29, 1.82) is 0 Å². The van der Waals surface area contributed by atoms with E-state index < -0.39 is 8.07 Å². The first-order chi connectivity index (χ1) is 8.46. The van der Waals surface area contributed by atoms with Gasteiger partial charge in [0.15, 0.2) is 0 Å². The van der Waals surface area contributed by atoms with Gasteiger partial charge in [0, 0.05) is 20.7 Å². The summed E-state index contributed by atoms with van der Waals surface area (Å²) < 4.78 is 7.34. The Hall–Kier alpha value is -1.40. The van der Waals surface area contributed by atoms with Crippen molar-refractivity contribution >= 4 is 19.1 Å². The molecule has 0 aliphatic rings. The van der Waals surface area contributed by atoms with Gasteiger partial charge in [-0.05, 0) is 6.04 Å². The maximum atomic E-state index is 9.41. The second kappa shape index (κ2) is 5.07. The molecule has 98 valence electrons. The fourth-order valence-electron chi connectivity index (χ4n) is 1.58. The number of aromatic hydroxyl groups is 1. The van der Waals surface area contributed by atoms with E-state index in [4.69, 9.17) is 4.74 Å². The largest absolute Gasteiger partial charge is 0.506 e. The van der Waals surface area contributed by atoms with Crippen LogP contribution in [0.25, 0.3) is 11.0 Å². The van der Waals surface area contributed by atoms with Gasteiger partial charge >= 0.3 is 0 Å². The van der Waals surface area contributed by atoms with Crippen LogP contribution >= 0.6 is 0 Å². The second-order valence-corrected chi connectivity index (χ2v) is 11.2. The minimum absolute atomic E-state index is 0.145. The van der Waals surface area contributed by atoms with E-state index in [9.17, 15) is 5.11 Å². The average Bonchev–Trinajstić information content (AvgIpc) is 2.66. The normalized spacial score (nSPS) is 12.2. The van der Waals surface area contributed by atoms with Crippen molar-refractivity contribution in [3.05, 3.63) is 18.5 Å². The first-order valence-corrected chi connectivity index (χ1v) is 9.75. The molecule has 5 nitrogen and oxygen atoms in total. The van der Waals surface area contributed by atoms with E-state index in [1.54, 1.807) is 16.9 Å². The highest BCUT2D eigenvalue weighted by atomic mass is 28.3. The minimum Gasteiger partial charge on any atom is -0.506 e. The fraction of sp³-hybridized carbons (Fsp3) is 0.500. The van der Waals surface area contributed by atoms with Gasteiger partial charge in [0.25, 0.3) is 0 Å². The quantitative estimate of drug-likeness (QED) is 0.666. The zero-order valence-corrected chi connectivity index (χ0v) is 12.1. The zero-order chi connectivity index (χ0) is 13.2. The van der Waals surface area contributed by atoms with Gasteiger partial charge in [-0.2, -0.15) is 5.10 Å². The van der Waals surface area contributed by atoms with Crippen molar-refractivity contribution in [3.63, 3.8) is 0 Å². The maximum absolute atomic E-state index is 9.41. The molecule has 0 aliphatic carbocycles. The molecule has 0 saturated carbocycles. The summed E-state index contributed by atoms with van der Waals surface area (Å²) in [7, 11) is -1.05. The lowest BCUT2D eigenvalue weighted by molar-refractivity contribution is 0.0817. The van der Waals surface area contributed by atoms with Crippen LogP contribution in [0.3, 0.4) is 0 Å². The molecule has 2 aromatic rings. The molecule has 2 heterocycles. The summed E-state index contributed by atoms with van der Waals surface area (Å²) >= 11 is 0. The van der Waals surface area contributed by atoms with Crippen LogP contribution in [-0.4, -0.2) is 34.6 Å². The summed E-state index contributed by atoms with van der Waals surface area (Å²) in [6.45, 7) is 8.12. The SMILES string of the molecule is C[Si](C)(C)CCOCn1ncc2ncc(O)cc21. The van der Waals surface area contributed by atoms with E-state index in [0.29, 0.717) is 6.73 Å². The van der Waals surface area contributed by atoms with Gasteiger partial charge in [-0.1, -0.05) is 19.6 Å². The number of fused-ring (bicyclic) bond motifs is 1. The molecule has 0 atom stereocenters. The highest BCUT2D eigenvalue weighted by molar-refractivity contribution is 6.76. The highest BCUT2D eigenvalue weighted by Gasteiger charge is 2.12. The van der Waals surface area contributed by atoms with Crippen LogP contribution in [0, 0.1) is 0 Å². The van der Waals surface area contributed by atoms with Gasteiger partial charge in [0.05, 0.1) is 17.9 Å². The molecule has 0 radical (unpaired) electrons. The third kappa shape index (κ3) is 3.30. The van der Waals surface area contributed by atoms with Crippen molar-refractivity contribution in [1.82, 2.24) is 14.8 Å². The summed E-state index contributed by atoms with van der Waals surface area (Å²) in [4.78, 5) is 4.09. The molecular formula is C12H19N3O2Si. The highest BCUT2D eigenvalue weighted by Crippen LogP contribution is 2.16. The Morgan fingerprint density at radius 2 is 2.11 bits per heavy atom. The third-order valence-electron chi connectivity index (χ3n) is 2.69. The van der Waals surface area contributed by atoms with Gasteiger partial charge < -0.3 is 9.84 Å². The van der Waals surface area contributed by atoms with Crippen molar-refractivity contribution in [2.24, 2.45) is 0 Å². The summed E-state index contributed by atoms with van der Waals surface area (Å²) in [5.74, 6) is 0.145. The number of rotatable bonds is 5. The van der Waals surface area contributed by atoms with Crippen LogP contribution in [0.2, 0.25) is 25.7 Å². The molecule has 0 aromatic carbocycles. The van der Waals surface area contributed by atoms with Crippen LogP contribution in [0.5, 0.6) is 5.75 Å². The number of hydrogen-bond acceptors (Lipinski definition) is 4. The summed E-state index contributed by atoms with van der Waals surface area (Å²) in [5, 5.41) is 13.6. The van der Waals surface area contributed by atoms with Crippen molar-refractivity contribution in [3.8, 4) is 5.75 Å². The number of ether oxygens (including phenoxy) is 1. The van der Waals surface area contributed by atoms with Gasteiger partial charge in [-0.15, -0.1) is 0 Å². The van der Waals surface area contributed by atoms with Crippen LogP contribution in [0.15, 0.2) is 18.5 Å². The summed E-state index contributed by atoms with van der Waals surface area (Å²) in [6.07, 6.45) is 3.09. The van der Waals surface area contributed by atoms with E-state index in [1.165, 1.54) is 6.20 Å². The van der Waals surface area contributed by atoms with Crippen LogP contribution < -0.4 is 0 Å². The van der Waals surface area contributed by atoms with E-state index in [-0.39, 0.29) is 5.75 Å². The lowest BCUT2D eigenvalue weighted by Crippen LogP contribution is -2.22. The Kier molecular flexibility index (Phi) is 3.67. The number of hydrogen-bond donors (Lipinski definition) is 1. The molecule has 18 heavy (non-hydrogen) atoms. The molecule has 6 heteroatoms. The second-order valence-electron chi connectivity index (χ2n) is 5.59. The lowest BCUT2D eigenvalue weighted by atomic mass is 10.4. The molecule has 0 bridgehead atoms. The molecule has 0 fully saturated rings. The van der Waals surface area contributed by atoms with Gasteiger partial charge in [0.2, 0.25) is 0 Å². The van der Waals surface area contributed by atoms with Crippen molar-refractivity contribution < 1.29 is 9.84 Å². The molecule has 0 saturated heterocycles. The predicted octanol–water partition coefficient (Wildman–Crippen LogP) is 2.45. The fourth-order valence-corrected chi connectivity index (χ4v) is 2.33. The molecule has 2 aromatic heterocycles. The third-order valence-corrected chi connectivity index (χ3v) is 4.39. The molecule has 0 unspecified atom stereocenters. The monoisotopic (exact) mass is 265 g/mol. The van der Waals surface area contributed by atoms with E-state index in [2.05, 4.69) is 29.7 Å². The van der Waals surface area contributed by atoms with E-state index in [1.807, 2.05) is 0 Å². The molecule has 1 N–H and O–H groups in total. The summed E-state index contributed by atoms with van der Waals surface area (Å²) in [5.41, 5.74) is 1.56. The Labute approximate surface area is 107 Å². The molecule has 0 amide bonds. The predicted molar refractivity (Wildman–Crippen MR) is 73.3 cm³/mol. The minimum atomic E-state index is -1.05. The first-order valence-electron chi connectivity index (χ1n) is 6.04. The molecular weight excluding hydrogens is 246 g/mol. The Morgan fingerprint density at radius 3 is 2.83 bits per heavy atom. The smallest absolute Gasteiger partial charge is 0.140 e. The maximum Gasteiger partial charge on any atom is 0.140 e. The Balaban J connectivity index is 1.98. The average molecular weight is 265 g/mol. The number of aromatic nitrogens is 3. The number of nitrogens with zero attached hydrogens (tertiary/aromatic N) is 3. The lowest BCUT2D eigenvalue weighted by Gasteiger charge is -2.15. The van der Waals surface area contributed by atoms with Crippen molar-refractivity contribution in [2.75, 3.05) is 6.61 Å². The van der Waals surface area contributed by atoms with Crippen molar-refractivity contribution in [2.45, 2.75) is 32.4 Å². The molecule has 0 spiro atoms. The first kappa shape index (κ1) is 13.0. The Bertz CT molecular complexity index is 534. The molecule has 0 aliphatic heterocycles. The standard InChI is InChI=1S/C12H19N3O2Si/c1-18(2,3)5-4-17-9-15-12-6-10(16)7-13-11(12)8-14-15/h6-8,16H,4-5,9H2,1-3H3. The summed E-state index contributed by atoms with van der Waals surface area (Å²) in [6, 6.07) is 2.78. The van der Waals surface area contributed by atoms with Gasteiger partial charge in [-0.3, -0.25) is 0 Å². The zero-order valence-electron chi connectivity index (χ0n) is 11.1. The van der Waals surface area contributed by atoms with Crippen LogP contribution in [0.4, 0.5) is 0 Å². The van der Waals surface area contributed by atoms with Gasteiger partial charge in [-0.25, -0.2) is 9.67 Å². The Morgan fingerprint density at radius 1 is 1.33 bits per heavy atom. The number of pyridine rings is 1. The van der Waals surface area contributed by atoms with E-state index >= 15 is 0 Å². The van der Waals surface area contributed by atoms with Crippen LogP contribution in [0.1, 0.15) is 0 Å². The topological polar surface area (TPSA) is 60.2 Å².